The lowest BCUT2D eigenvalue weighted by molar-refractivity contribution is 0.0946. The summed E-state index contributed by atoms with van der Waals surface area (Å²) in [6, 6.07) is 5.88. The van der Waals surface area contributed by atoms with Gasteiger partial charge in [-0.3, -0.25) is 9.59 Å². The summed E-state index contributed by atoms with van der Waals surface area (Å²) in [5.41, 5.74) is -0.0600. The summed E-state index contributed by atoms with van der Waals surface area (Å²) in [4.78, 5) is 27.6. The molecule has 120 valence electrons. The molecule has 0 radical (unpaired) electrons. The molecule has 0 fully saturated rings. The van der Waals surface area contributed by atoms with Crippen LogP contribution in [0.1, 0.15) is 10.4 Å². The minimum atomic E-state index is -3.27. The van der Waals surface area contributed by atoms with Crippen LogP contribution in [0.4, 0.5) is 0 Å². The first-order chi connectivity index (χ1) is 10.8. The van der Waals surface area contributed by atoms with Crippen molar-refractivity contribution in [3.8, 4) is 10.6 Å². The smallest absolute Gasteiger partial charge is 0.261 e. The Morgan fingerprint density at radius 2 is 2.09 bits per heavy atom. The largest absolute Gasteiger partial charge is 0.345 e. The molecule has 0 bridgehead atoms. The molecule has 1 atom stereocenters. The summed E-state index contributed by atoms with van der Waals surface area (Å²) in [5, 5.41) is 3.57. The van der Waals surface area contributed by atoms with Crippen molar-refractivity contribution in [1.29, 1.82) is 0 Å². The van der Waals surface area contributed by atoms with E-state index in [0.29, 0.717) is 10.0 Å². The summed E-state index contributed by atoms with van der Waals surface area (Å²) in [6.07, 6.45) is 1.39. The number of carbonyl (C=O) groups is 1. The maximum Gasteiger partial charge on any atom is 0.261 e. The summed E-state index contributed by atoms with van der Waals surface area (Å²) >= 11 is 7.17. The number of hydrogen-bond acceptors (Lipinski definition) is 5. The Kier molecular flexibility index (Phi) is 4.13. The van der Waals surface area contributed by atoms with E-state index >= 15 is 0 Å². The molecule has 0 saturated heterocycles. The molecule has 0 saturated carbocycles. The van der Waals surface area contributed by atoms with Crippen LogP contribution in [0.2, 0.25) is 4.34 Å². The maximum atomic E-state index is 12.1. The standard InChI is InChI=1S/C14H11ClN2O4S2/c15-12-4-3-11(22-12)10-2-1-9(14(19)17-10)13(18)16-8-5-6-23(20,21)7-8/h1-6,8H,7H2,(H,16,18)(H,17,19)/t8-/m1/s1. The van der Waals surface area contributed by atoms with E-state index < -0.39 is 27.3 Å². The van der Waals surface area contributed by atoms with Crippen LogP contribution < -0.4 is 10.9 Å². The number of thiophene rings is 1. The Labute approximate surface area is 140 Å². The molecule has 3 heterocycles. The van der Waals surface area contributed by atoms with Crippen molar-refractivity contribution >= 4 is 38.7 Å². The van der Waals surface area contributed by atoms with Gasteiger partial charge < -0.3 is 10.3 Å². The van der Waals surface area contributed by atoms with E-state index in [1.165, 1.54) is 23.5 Å². The quantitative estimate of drug-likeness (QED) is 0.861. The highest BCUT2D eigenvalue weighted by Crippen LogP contribution is 2.29. The first-order valence-corrected chi connectivity index (χ1v) is 9.46. The molecule has 6 nitrogen and oxygen atoms in total. The van der Waals surface area contributed by atoms with Crippen molar-refractivity contribution in [2.45, 2.75) is 6.04 Å². The van der Waals surface area contributed by atoms with Crippen molar-refractivity contribution in [3.63, 3.8) is 0 Å². The lowest BCUT2D eigenvalue weighted by Crippen LogP contribution is -2.38. The van der Waals surface area contributed by atoms with E-state index in [4.69, 9.17) is 11.6 Å². The van der Waals surface area contributed by atoms with Crippen LogP contribution in [0.3, 0.4) is 0 Å². The molecule has 0 aliphatic carbocycles. The zero-order chi connectivity index (χ0) is 16.6. The summed E-state index contributed by atoms with van der Waals surface area (Å²) < 4.78 is 23.2. The van der Waals surface area contributed by atoms with Crippen molar-refractivity contribution in [2.24, 2.45) is 0 Å². The number of sulfone groups is 1. The van der Waals surface area contributed by atoms with Gasteiger partial charge in [0.25, 0.3) is 11.5 Å². The first-order valence-electron chi connectivity index (χ1n) is 6.55. The Morgan fingerprint density at radius 3 is 2.65 bits per heavy atom. The zero-order valence-electron chi connectivity index (χ0n) is 11.6. The number of rotatable bonds is 3. The molecule has 2 aromatic rings. The molecular formula is C14H11ClN2O4S2. The molecular weight excluding hydrogens is 360 g/mol. The average Bonchev–Trinajstić information content (AvgIpc) is 3.04. The van der Waals surface area contributed by atoms with Crippen molar-refractivity contribution in [1.82, 2.24) is 10.3 Å². The molecule has 3 rings (SSSR count). The van der Waals surface area contributed by atoms with Crippen LogP contribution in [0.25, 0.3) is 10.6 Å². The molecule has 1 aliphatic rings. The maximum absolute atomic E-state index is 12.1. The predicted molar refractivity (Wildman–Crippen MR) is 89.6 cm³/mol. The van der Waals surface area contributed by atoms with E-state index in [1.54, 1.807) is 18.2 Å². The van der Waals surface area contributed by atoms with Crippen LogP contribution >= 0.6 is 22.9 Å². The van der Waals surface area contributed by atoms with Crippen LogP contribution in [0, 0.1) is 0 Å². The fourth-order valence-corrected chi connectivity index (χ4v) is 4.43. The topological polar surface area (TPSA) is 96.1 Å². The van der Waals surface area contributed by atoms with Crippen LogP contribution in [0.5, 0.6) is 0 Å². The second-order valence-electron chi connectivity index (χ2n) is 4.96. The van der Waals surface area contributed by atoms with Crippen molar-refractivity contribution < 1.29 is 13.2 Å². The third-order valence-electron chi connectivity index (χ3n) is 3.24. The SMILES string of the molecule is O=C(N[C@@H]1C=CS(=O)(=O)C1)c1ccc(-c2ccc(Cl)s2)[nH]c1=O. The number of nitrogens with one attached hydrogen (secondary N) is 2. The predicted octanol–water partition coefficient (Wildman–Crippen LogP) is 1.80. The minimum absolute atomic E-state index is 0.0749. The van der Waals surface area contributed by atoms with E-state index in [1.807, 2.05) is 0 Å². The molecule has 9 heteroatoms. The molecule has 0 aromatic carbocycles. The van der Waals surface area contributed by atoms with Gasteiger partial charge >= 0.3 is 0 Å². The van der Waals surface area contributed by atoms with E-state index in [-0.39, 0.29) is 11.3 Å². The van der Waals surface area contributed by atoms with Crippen LogP contribution in [-0.4, -0.2) is 31.1 Å². The van der Waals surface area contributed by atoms with Crippen LogP contribution in [0.15, 0.2) is 40.5 Å². The average molecular weight is 371 g/mol. The number of H-pyrrole nitrogens is 1. The summed E-state index contributed by atoms with van der Waals surface area (Å²) in [5.74, 6) is -0.809. The lowest BCUT2D eigenvalue weighted by Gasteiger charge is -2.09. The Morgan fingerprint density at radius 1 is 1.30 bits per heavy atom. The number of amides is 1. The number of aromatic amines is 1. The monoisotopic (exact) mass is 370 g/mol. The van der Waals surface area contributed by atoms with Gasteiger partial charge in [-0.25, -0.2) is 8.42 Å². The van der Waals surface area contributed by atoms with Crippen LogP contribution in [-0.2, 0) is 9.84 Å². The summed E-state index contributed by atoms with van der Waals surface area (Å²) in [7, 11) is -3.27. The van der Waals surface area contributed by atoms with Gasteiger partial charge in [-0.05, 0) is 30.3 Å². The second kappa shape index (κ2) is 5.95. The normalized spacial score (nSPS) is 18.9. The van der Waals surface area contributed by atoms with Gasteiger partial charge in [0.2, 0.25) is 0 Å². The second-order valence-corrected chi connectivity index (χ2v) is 8.60. The first kappa shape index (κ1) is 16.0. The third-order valence-corrected chi connectivity index (χ3v) is 5.90. The number of aromatic nitrogens is 1. The van der Waals surface area contributed by atoms with Gasteiger partial charge in [0, 0.05) is 5.41 Å². The Balaban J connectivity index is 1.80. The molecule has 2 N–H and O–H groups in total. The van der Waals surface area contributed by atoms with E-state index in [9.17, 15) is 18.0 Å². The van der Waals surface area contributed by atoms with Gasteiger partial charge in [-0.1, -0.05) is 11.6 Å². The zero-order valence-corrected chi connectivity index (χ0v) is 14.0. The molecule has 23 heavy (non-hydrogen) atoms. The molecule has 1 amide bonds. The summed E-state index contributed by atoms with van der Waals surface area (Å²) in [6.45, 7) is 0. The van der Waals surface area contributed by atoms with Gasteiger partial charge in [-0.2, -0.15) is 0 Å². The Bertz CT molecular complexity index is 959. The third kappa shape index (κ3) is 3.54. The van der Waals surface area contributed by atoms with E-state index in [0.717, 1.165) is 10.3 Å². The van der Waals surface area contributed by atoms with E-state index in [2.05, 4.69) is 10.3 Å². The number of hydrogen-bond donors (Lipinski definition) is 2. The number of carbonyl (C=O) groups excluding carboxylic acids is 1. The number of halogens is 1. The fourth-order valence-electron chi connectivity index (χ4n) is 2.17. The fraction of sp³-hybridized carbons (Fsp3) is 0.143. The van der Waals surface area contributed by atoms with Gasteiger partial charge in [-0.15, -0.1) is 11.3 Å². The van der Waals surface area contributed by atoms with Crippen molar-refractivity contribution in [3.05, 3.63) is 56.0 Å². The minimum Gasteiger partial charge on any atom is -0.345 e. The molecule has 1 aliphatic heterocycles. The lowest BCUT2D eigenvalue weighted by atomic mass is 10.2. The molecule has 0 unspecified atom stereocenters. The number of pyridine rings is 1. The van der Waals surface area contributed by atoms with Gasteiger partial charge in [0.1, 0.15) is 5.56 Å². The highest BCUT2D eigenvalue weighted by Gasteiger charge is 2.24. The molecule has 2 aromatic heterocycles. The van der Waals surface area contributed by atoms with Crippen molar-refractivity contribution in [2.75, 3.05) is 5.75 Å². The van der Waals surface area contributed by atoms with Gasteiger partial charge in [0.15, 0.2) is 9.84 Å². The highest BCUT2D eigenvalue weighted by molar-refractivity contribution is 7.94. The van der Waals surface area contributed by atoms with Gasteiger partial charge in [0.05, 0.1) is 26.7 Å². The Hall–Kier alpha value is -1.90. The molecule has 0 spiro atoms. The highest BCUT2D eigenvalue weighted by atomic mass is 35.5.